The summed E-state index contributed by atoms with van der Waals surface area (Å²) in [5.41, 5.74) is 6.20. The molecule has 1 aromatic carbocycles. The van der Waals surface area contributed by atoms with Gasteiger partial charge in [-0.1, -0.05) is 30.3 Å². The van der Waals surface area contributed by atoms with Crippen LogP contribution >= 0.6 is 12.4 Å². The van der Waals surface area contributed by atoms with Gasteiger partial charge in [0.2, 0.25) is 0 Å². The van der Waals surface area contributed by atoms with Crippen LogP contribution in [-0.4, -0.2) is 28.2 Å². The summed E-state index contributed by atoms with van der Waals surface area (Å²) in [4.78, 5) is 21.6. The highest BCUT2D eigenvalue weighted by atomic mass is 35.5. The van der Waals surface area contributed by atoms with E-state index in [9.17, 15) is 9.59 Å². The van der Waals surface area contributed by atoms with Crippen molar-refractivity contribution in [3.8, 4) is 0 Å². The minimum absolute atomic E-state index is 0. The Bertz CT molecular complexity index is 396. The van der Waals surface area contributed by atoms with Gasteiger partial charge in [0.15, 0.2) is 0 Å². The van der Waals surface area contributed by atoms with Crippen molar-refractivity contribution in [2.75, 3.05) is 0 Å². The van der Waals surface area contributed by atoms with Crippen molar-refractivity contribution in [2.24, 2.45) is 11.7 Å². The van der Waals surface area contributed by atoms with Gasteiger partial charge in [-0.3, -0.25) is 9.59 Å². The Labute approximate surface area is 111 Å². The molecule has 1 aromatic rings. The Balaban J connectivity index is 0.00000289. The molecular formula is C12H16ClNO4. The fourth-order valence-corrected chi connectivity index (χ4v) is 1.58. The third-order valence-corrected chi connectivity index (χ3v) is 2.53. The van der Waals surface area contributed by atoms with Gasteiger partial charge in [0, 0.05) is 0 Å². The van der Waals surface area contributed by atoms with Crippen LogP contribution in [0.3, 0.4) is 0 Å². The lowest BCUT2D eigenvalue weighted by atomic mass is 9.93. The Hall–Kier alpha value is -1.59. The van der Waals surface area contributed by atoms with Crippen LogP contribution in [0.2, 0.25) is 0 Å². The maximum Gasteiger partial charge on any atom is 0.320 e. The zero-order valence-corrected chi connectivity index (χ0v) is 10.5. The number of aliphatic carboxylic acids is 2. The maximum absolute atomic E-state index is 11.0. The van der Waals surface area contributed by atoms with Gasteiger partial charge < -0.3 is 15.9 Å². The monoisotopic (exact) mass is 273 g/mol. The van der Waals surface area contributed by atoms with Crippen LogP contribution < -0.4 is 5.73 Å². The first-order valence-electron chi connectivity index (χ1n) is 5.26. The second-order valence-corrected chi connectivity index (χ2v) is 3.91. The molecule has 18 heavy (non-hydrogen) atoms. The lowest BCUT2D eigenvalue weighted by molar-refractivity contribution is -0.143. The van der Waals surface area contributed by atoms with Crippen LogP contribution in [0.5, 0.6) is 0 Å². The highest BCUT2D eigenvalue weighted by Crippen LogP contribution is 2.14. The molecular weight excluding hydrogens is 258 g/mol. The molecule has 2 atom stereocenters. The van der Waals surface area contributed by atoms with Gasteiger partial charge in [-0.15, -0.1) is 12.4 Å². The van der Waals surface area contributed by atoms with Crippen LogP contribution in [0, 0.1) is 5.92 Å². The Morgan fingerprint density at radius 2 is 1.67 bits per heavy atom. The third kappa shape index (κ3) is 5.16. The van der Waals surface area contributed by atoms with Crippen molar-refractivity contribution in [3.05, 3.63) is 35.9 Å². The number of hydrogen-bond donors (Lipinski definition) is 3. The number of rotatable bonds is 6. The van der Waals surface area contributed by atoms with E-state index < -0.39 is 23.9 Å². The van der Waals surface area contributed by atoms with Crippen LogP contribution in [0.25, 0.3) is 0 Å². The summed E-state index contributed by atoms with van der Waals surface area (Å²) < 4.78 is 0. The van der Waals surface area contributed by atoms with Crippen LogP contribution in [0.15, 0.2) is 30.3 Å². The molecule has 6 heteroatoms. The highest BCUT2D eigenvalue weighted by molar-refractivity contribution is 5.85. The third-order valence-electron chi connectivity index (χ3n) is 2.53. The number of halogens is 1. The van der Waals surface area contributed by atoms with Gasteiger partial charge >= 0.3 is 11.9 Å². The predicted octanol–water partition coefficient (Wildman–Crippen LogP) is 1.15. The van der Waals surface area contributed by atoms with Crippen LogP contribution in [-0.2, 0) is 16.0 Å². The number of carbonyl (C=O) groups is 2. The van der Waals surface area contributed by atoms with Crippen LogP contribution in [0.4, 0.5) is 0 Å². The van der Waals surface area contributed by atoms with Gasteiger partial charge in [-0.05, 0) is 18.4 Å². The Morgan fingerprint density at radius 1 is 1.11 bits per heavy atom. The van der Waals surface area contributed by atoms with Gasteiger partial charge in [0.25, 0.3) is 0 Å². The number of carboxylic acid groups (broad SMARTS) is 2. The largest absolute Gasteiger partial charge is 0.481 e. The van der Waals surface area contributed by atoms with Crippen LogP contribution in [0.1, 0.15) is 12.0 Å². The molecule has 0 fully saturated rings. The molecule has 0 saturated carbocycles. The van der Waals surface area contributed by atoms with Crippen molar-refractivity contribution >= 4 is 24.3 Å². The second-order valence-electron chi connectivity index (χ2n) is 3.91. The zero-order valence-electron chi connectivity index (χ0n) is 9.65. The van der Waals surface area contributed by atoms with E-state index in [1.807, 2.05) is 30.3 Å². The van der Waals surface area contributed by atoms with Crippen molar-refractivity contribution in [3.63, 3.8) is 0 Å². The summed E-state index contributed by atoms with van der Waals surface area (Å²) in [5.74, 6) is -2.97. The van der Waals surface area contributed by atoms with E-state index >= 15 is 0 Å². The summed E-state index contributed by atoms with van der Waals surface area (Å²) in [7, 11) is 0. The van der Waals surface area contributed by atoms with E-state index in [1.165, 1.54) is 0 Å². The van der Waals surface area contributed by atoms with E-state index in [4.69, 9.17) is 15.9 Å². The van der Waals surface area contributed by atoms with Crippen molar-refractivity contribution < 1.29 is 19.8 Å². The first-order chi connectivity index (χ1) is 8.00. The summed E-state index contributed by atoms with van der Waals surface area (Å²) in [6, 6.07) is 7.93. The average molecular weight is 274 g/mol. The predicted molar refractivity (Wildman–Crippen MR) is 68.7 cm³/mol. The van der Waals surface area contributed by atoms with E-state index in [1.54, 1.807) is 0 Å². The van der Waals surface area contributed by atoms with Crippen molar-refractivity contribution in [1.29, 1.82) is 0 Å². The molecule has 0 aliphatic carbocycles. The fourth-order valence-electron chi connectivity index (χ4n) is 1.58. The smallest absolute Gasteiger partial charge is 0.320 e. The molecule has 5 nitrogen and oxygen atoms in total. The number of hydrogen-bond acceptors (Lipinski definition) is 3. The van der Waals surface area contributed by atoms with E-state index in [-0.39, 0.29) is 25.2 Å². The standard InChI is InChI=1S/C12H15NO4.ClH/c13-10(12(16)17)7-9(11(14)15)6-8-4-2-1-3-5-8;/h1-5,9-10H,6-7,13H2,(H,14,15)(H,16,17);1H/t9-,10-;/m0./s1. The van der Waals surface area contributed by atoms with Gasteiger partial charge in [-0.2, -0.15) is 0 Å². The highest BCUT2D eigenvalue weighted by Gasteiger charge is 2.24. The lowest BCUT2D eigenvalue weighted by Gasteiger charge is -2.14. The molecule has 0 aromatic heterocycles. The van der Waals surface area contributed by atoms with Gasteiger partial charge in [0.1, 0.15) is 6.04 Å². The molecule has 0 heterocycles. The molecule has 100 valence electrons. The van der Waals surface area contributed by atoms with E-state index in [0.717, 1.165) is 5.56 Å². The summed E-state index contributed by atoms with van der Waals surface area (Å²) in [6.07, 6.45) is 0.219. The molecule has 0 amide bonds. The van der Waals surface area contributed by atoms with E-state index in [2.05, 4.69) is 0 Å². The second kappa shape index (κ2) is 7.68. The molecule has 0 bridgehead atoms. The minimum atomic E-state index is -1.18. The first-order valence-corrected chi connectivity index (χ1v) is 5.26. The summed E-state index contributed by atoms with van der Waals surface area (Å²) >= 11 is 0. The molecule has 0 unspecified atom stereocenters. The van der Waals surface area contributed by atoms with Gasteiger partial charge in [-0.25, -0.2) is 0 Å². The number of nitrogens with two attached hydrogens (primary N) is 1. The minimum Gasteiger partial charge on any atom is -0.481 e. The molecule has 0 spiro atoms. The first kappa shape index (κ1) is 16.4. The fraction of sp³-hybridized carbons (Fsp3) is 0.333. The molecule has 0 saturated heterocycles. The lowest BCUT2D eigenvalue weighted by Crippen LogP contribution is -2.35. The number of benzene rings is 1. The molecule has 0 radical (unpaired) electrons. The zero-order chi connectivity index (χ0) is 12.8. The number of carboxylic acids is 2. The molecule has 1 rings (SSSR count). The summed E-state index contributed by atoms with van der Waals surface area (Å²) in [6.45, 7) is 0. The Kier molecular flexibility index (Phi) is 7.00. The molecule has 0 aliphatic rings. The molecule has 0 aliphatic heterocycles. The normalized spacial score (nSPS) is 13.2. The SMILES string of the molecule is Cl.N[C@@H](C[C@H](Cc1ccccc1)C(=O)O)C(=O)O. The maximum atomic E-state index is 11.0. The van der Waals surface area contributed by atoms with Crippen molar-refractivity contribution in [2.45, 2.75) is 18.9 Å². The summed E-state index contributed by atoms with van der Waals surface area (Å²) in [5, 5.41) is 17.7. The molecule has 4 N–H and O–H groups in total. The topological polar surface area (TPSA) is 101 Å². The van der Waals surface area contributed by atoms with E-state index in [0.29, 0.717) is 0 Å². The average Bonchev–Trinajstić information content (AvgIpc) is 2.29. The van der Waals surface area contributed by atoms with Gasteiger partial charge in [0.05, 0.1) is 5.92 Å². The van der Waals surface area contributed by atoms with Crippen molar-refractivity contribution in [1.82, 2.24) is 0 Å². The quantitative estimate of drug-likeness (QED) is 0.722. The Morgan fingerprint density at radius 3 is 2.11 bits per heavy atom.